The molecule has 7 heteroatoms. The third-order valence-electron chi connectivity index (χ3n) is 3.43. The first-order valence-corrected chi connectivity index (χ1v) is 7.45. The molecule has 7 nitrogen and oxygen atoms in total. The van der Waals surface area contributed by atoms with Gasteiger partial charge in [0.1, 0.15) is 23.7 Å². The van der Waals surface area contributed by atoms with Crippen molar-refractivity contribution in [3.05, 3.63) is 60.4 Å². The molecule has 25 heavy (non-hydrogen) atoms. The van der Waals surface area contributed by atoms with Gasteiger partial charge in [-0.15, -0.1) is 0 Å². The number of nitrogens with two attached hydrogens (primary N) is 1. The Kier molecular flexibility index (Phi) is 4.75. The van der Waals surface area contributed by atoms with Crippen LogP contribution in [0.2, 0.25) is 0 Å². The molecule has 0 fully saturated rings. The van der Waals surface area contributed by atoms with E-state index in [-0.39, 0.29) is 11.4 Å². The third kappa shape index (κ3) is 3.66. The van der Waals surface area contributed by atoms with Gasteiger partial charge in [0.15, 0.2) is 17.8 Å². The number of nitrogen functional groups attached to an aromatic ring is 1. The molecule has 0 aliphatic rings. The number of aldehydes is 1. The highest BCUT2D eigenvalue weighted by molar-refractivity contribution is 5.89. The minimum atomic E-state index is 0.114. The molecule has 0 amide bonds. The molecular weight excluding hydrogens is 320 g/mol. The largest absolute Gasteiger partial charge is 0.493 e. The van der Waals surface area contributed by atoms with Crippen LogP contribution < -0.4 is 20.5 Å². The number of methoxy groups -OCH3 is 1. The fourth-order valence-electron chi connectivity index (χ4n) is 2.21. The van der Waals surface area contributed by atoms with Crippen LogP contribution in [0.4, 0.5) is 17.3 Å². The second-order valence-corrected chi connectivity index (χ2v) is 5.04. The maximum Gasteiger partial charge on any atom is 0.169 e. The van der Waals surface area contributed by atoms with Crippen molar-refractivity contribution >= 4 is 23.6 Å². The van der Waals surface area contributed by atoms with E-state index < -0.39 is 0 Å². The monoisotopic (exact) mass is 336 g/mol. The third-order valence-corrected chi connectivity index (χ3v) is 3.43. The van der Waals surface area contributed by atoms with Crippen LogP contribution in [0.5, 0.6) is 17.2 Å². The molecule has 3 rings (SSSR count). The highest BCUT2D eigenvalue weighted by Crippen LogP contribution is 2.34. The normalized spacial score (nSPS) is 10.1. The van der Waals surface area contributed by atoms with E-state index >= 15 is 0 Å². The number of rotatable bonds is 6. The first kappa shape index (κ1) is 16.3. The number of carbonyl (C=O) groups excluding carboxylic acids is 1. The Morgan fingerprint density at radius 2 is 1.88 bits per heavy atom. The Bertz CT molecular complexity index is 885. The van der Waals surface area contributed by atoms with Gasteiger partial charge in [-0.2, -0.15) is 0 Å². The first-order valence-electron chi connectivity index (χ1n) is 7.45. The van der Waals surface area contributed by atoms with E-state index in [9.17, 15) is 4.79 Å². The zero-order chi connectivity index (χ0) is 17.6. The molecule has 1 heterocycles. The van der Waals surface area contributed by atoms with Crippen molar-refractivity contribution in [2.45, 2.75) is 0 Å². The lowest BCUT2D eigenvalue weighted by molar-refractivity contribution is 0.112. The average Bonchev–Trinajstić information content (AvgIpc) is 2.64. The molecule has 3 aromatic rings. The topological polar surface area (TPSA) is 99.4 Å². The molecular formula is C18H16N4O3. The van der Waals surface area contributed by atoms with Crippen molar-refractivity contribution in [3.63, 3.8) is 0 Å². The van der Waals surface area contributed by atoms with Gasteiger partial charge in [0, 0.05) is 11.8 Å². The van der Waals surface area contributed by atoms with Crippen molar-refractivity contribution in [1.29, 1.82) is 0 Å². The van der Waals surface area contributed by atoms with Crippen LogP contribution in [0.3, 0.4) is 0 Å². The summed E-state index contributed by atoms with van der Waals surface area (Å²) in [6.07, 6.45) is 1.90. The highest BCUT2D eigenvalue weighted by Gasteiger charge is 2.11. The van der Waals surface area contributed by atoms with E-state index in [1.54, 1.807) is 25.3 Å². The molecule has 0 bridgehead atoms. The molecule has 0 saturated carbocycles. The molecule has 2 aromatic carbocycles. The van der Waals surface area contributed by atoms with Crippen molar-refractivity contribution in [2.75, 3.05) is 18.2 Å². The number of hydrogen-bond acceptors (Lipinski definition) is 7. The van der Waals surface area contributed by atoms with Gasteiger partial charge < -0.3 is 20.5 Å². The summed E-state index contributed by atoms with van der Waals surface area (Å²) in [6, 6.07) is 14.7. The molecule has 1 aromatic heterocycles. The predicted octanol–water partition coefficient (Wildman–Crippen LogP) is 3.42. The number of benzene rings is 2. The number of hydrogen-bond donors (Lipinski definition) is 2. The Labute approximate surface area is 144 Å². The summed E-state index contributed by atoms with van der Waals surface area (Å²) >= 11 is 0. The van der Waals surface area contributed by atoms with Crippen LogP contribution >= 0.6 is 0 Å². The molecule has 0 atom stereocenters. The zero-order valence-corrected chi connectivity index (χ0v) is 13.5. The summed E-state index contributed by atoms with van der Waals surface area (Å²) in [5.41, 5.74) is 6.55. The number of nitrogens with one attached hydrogen (secondary N) is 1. The Morgan fingerprint density at radius 3 is 2.60 bits per heavy atom. The lowest BCUT2D eigenvalue weighted by Crippen LogP contribution is -2.04. The zero-order valence-electron chi connectivity index (χ0n) is 13.5. The van der Waals surface area contributed by atoms with E-state index in [4.69, 9.17) is 15.2 Å². The molecule has 0 aliphatic heterocycles. The fourth-order valence-corrected chi connectivity index (χ4v) is 2.21. The number of nitrogens with zero attached hydrogens (tertiary/aromatic N) is 2. The van der Waals surface area contributed by atoms with Crippen LogP contribution in [-0.4, -0.2) is 23.4 Å². The lowest BCUT2D eigenvalue weighted by Gasteiger charge is -2.13. The van der Waals surface area contributed by atoms with Gasteiger partial charge in [-0.05, 0) is 24.3 Å². The summed E-state index contributed by atoms with van der Waals surface area (Å²) in [4.78, 5) is 19.0. The van der Waals surface area contributed by atoms with E-state index in [1.807, 2.05) is 30.3 Å². The van der Waals surface area contributed by atoms with Crippen LogP contribution in [0.1, 0.15) is 10.4 Å². The highest BCUT2D eigenvalue weighted by atomic mass is 16.5. The first-order chi connectivity index (χ1) is 12.2. The molecule has 0 radical (unpaired) electrons. The minimum Gasteiger partial charge on any atom is -0.493 e. The molecule has 0 unspecified atom stereocenters. The van der Waals surface area contributed by atoms with Crippen molar-refractivity contribution < 1.29 is 14.3 Å². The second kappa shape index (κ2) is 7.31. The lowest BCUT2D eigenvalue weighted by atomic mass is 10.2. The smallest absolute Gasteiger partial charge is 0.169 e. The number of anilines is 3. The van der Waals surface area contributed by atoms with Crippen LogP contribution in [0, 0.1) is 0 Å². The van der Waals surface area contributed by atoms with E-state index in [0.29, 0.717) is 35.0 Å². The SMILES string of the molecule is COc1cc(Nc2ncnc(N)c2C=O)ccc1Oc1ccccc1. The Morgan fingerprint density at radius 1 is 1.08 bits per heavy atom. The van der Waals surface area contributed by atoms with Gasteiger partial charge in [0.05, 0.1) is 12.7 Å². The summed E-state index contributed by atoms with van der Waals surface area (Å²) in [5, 5.41) is 3.03. The summed E-state index contributed by atoms with van der Waals surface area (Å²) in [6.45, 7) is 0. The second-order valence-electron chi connectivity index (χ2n) is 5.04. The number of carbonyl (C=O) groups is 1. The molecule has 126 valence electrons. The average molecular weight is 336 g/mol. The maximum atomic E-state index is 11.2. The summed E-state index contributed by atoms with van der Waals surface area (Å²) < 4.78 is 11.2. The van der Waals surface area contributed by atoms with Crippen LogP contribution in [0.25, 0.3) is 0 Å². The van der Waals surface area contributed by atoms with Crippen LogP contribution in [0.15, 0.2) is 54.9 Å². The fraction of sp³-hybridized carbons (Fsp3) is 0.0556. The number of aromatic nitrogens is 2. The van der Waals surface area contributed by atoms with E-state index in [2.05, 4.69) is 15.3 Å². The van der Waals surface area contributed by atoms with Crippen molar-refractivity contribution in [3.8, 4) is 17.2 Å². The van der Waals surface area contributed by atoms with Gasteiger partial charge in [0.2, 0.25) is 0 Å². The van der Waals surface area contributed by atoms with E-state index in [0.717, 1.165) is 0 Å². The summed E-state index contributed by atoms with van der Waals surface area (Å²) in [5.74, 6) is 2.23. The molecule has 0 spiro atoms. The quantitative estimate of drug-likeness (QED) is 0.665. The standard InChI is InChI=1S/C18H16N4O3/c1-24-16-9-12(22-18-14(10-23)17(19)20-11-21-18)7-8-15(16)25-13-5-3-2-4-6-13/h2-11H,1H3,(H3,19,20,21,22). The van der Waals surface area contributed by atoms with Crippen molar-refractivity contribution in [1.82, 2.24) is 9.97 Å². The van der Waals surface area contributed by atoms with Gasteiger partial charge >= 0.3 is 0 Å². The molecule has 3 N–H and O–H groups in total. The van der Waals surface area contributed by atoms with Gasteiger partial charge in [0.25, 0.3) is 0 Å². The van der Waals surface area contributed by atoms with Crippen LogP contribution in [-0.2, 0) is 0 Å². The van der Waals surface area contributed by atoms with E-state index in [1.165, 1.54) is 6.33 Å². The number of ether oxygens (including phenoxy) is 2. The van der Waals surface area contributed by atoms with Gasteiger partial charge in [-0.3, -0.25) is 4.79 Å². The summed E-state index contributed by atoms with van der Waals surface area (Å²) in [7, 11) is 1.55. The molecule has 0 aliphatic carbocycles. The van der Waals surface area contributed by atoms with Gasteiger partial charge in [-0.25, -0.2) is 9.97 Å². The predicted molar refractivity (Wildman–Crippen MR) is 94.6 cm³/mol. The number of para-hydroxylation sites is 1. The molecule has 0 saturated heterocycles. The maximum absolute atomic E-state index is 11.2. The van der Waals surface area contributed by atoms with Gasteiger partial charge in [-0.1, -0.05) is 18.2 Å². The van der Waals surface area contributed by atoms with Crippen molar-refractivity contribution in [2.24, 2.45) is 0 Å². The Hall–Kier alpha value is -3.61. The minimum absolute atomic E-state index is 0.114. The Balaban J connectivity index is 1.87.